The molecule has 0 spiro atoms. The zero-order chi connectivity index (χ0) is 19.5. The Morgan fingerprint density at radius 2 is 1.96 bits per heavy atom. The SMILES string of the molecule is Cc1[nH]c(=O)[nH]c(=O)c1S(=O)(=O)N1C2=CCC(C)C=C2C2CN(C)CCC21. The van der Waals surface area contributed by atoms with Gasteiger partial charge in [-0.2, -0.15) is 0 Å². The lowest BCUT2D eigenvalue weighted by Crippen LogP contribution is -2.47. The molecule has 146 valence electrons. The van der Waals surface area contributed by atoms with Gasteiger partial charge < -0.3 is 9.88 Å². The first-order chi connectivity index (χ1) is 12.7. The van der Waals surface area contributed by atoms with Crippen LogP contribution in [0.1, 0.15) is 25.5 Å². The van der Waals surface area contributed by atoms with Crippen molar-refractivity contribution in [3.8, 4) is 0 Å². The molecule has 27 heavy (non-hydrogen) atoms. The third-order valence-electron chi connectivity index (χ3n) is 5.75. The van der Waals surface area contributed by atoms with Crippen LogP contribution in [0.4, 0.5) is 0 Å². The maximum atomic E-state index is 13.6. The van der Waals surface area contributed by atoms with Crippen molar-refractivity contribution in [2.24, 2.45) is 11.8 Å². The van der Waals surface area contributed by atoms with Crippen molar-refractivity contribution in [3.63, 3.8) is 0 Å². The van der Waals surface area contributed by atoms with E-state index < -0.39 is 21.3 Å². The molecule has 8 nitrogen and oxygen atoms in total. The van der Waals surface area contributed by atoms with Crippen LogP contribution in [-0.4, -0.2) is 53.8 Å². The van der Waals surface area contributed by atoms with Crippen LogP contribution in [0.3, 0.4) is 0 Å². The summed E-state index contributed by atoms with van der Waals surface area (Å²) in [6.07, 6.45) is 5.61. The summed E-state index contributed by atoms with van der Waals surface area (Å²) in [4.78, 5) is 30.2. The topological polar surface area (TPSA) is 106 Å². The monoisotopic (exact) mass is 392 g/mol. The fraction of sp³-hybridized carbons (Fsp3) is 0.556. The number of aromatic nitrogens is 2. The second kappa shape index (κ2) is 6.20. The van der Waals surface area contributed by atoms with E-state index in [1.807, 2.05) is 13.1 Å². The van der Waals surface area contributed by atoms with Crippen LogP contribution >= 0.6 is 0 Å². The summed E-state index contributed by atoms with van der Waals surface area (Å²) >= 11 is 0. The quantitative estimate of drug-likeness (QED) is 0.764. The van der Waals surface area contributed by atoms with Crippen molar-refractivity contribution in [1.29, 1.82) is 0 Å². The highest BCUT2D eigenvalue weighted by molar-refractivity contribution is 7.89. The van der Waals surface area contributed by atoms with Crippen LogP contribution in [0, 0.1) is 18.8 Å². The fourth-order valence-electron chi connectivity index (χ4n) is 4.58. The minimum atomic E-state index is -4.10. The van der Waals surface area contributed by atoms with Gasteiger partial charge in [-0.15, -0.1) is 0 Å². The lowest BCUT2D eigenvalue weighted by Gasteiger charge is -2.36. The van der Waals surface area contributed by atoms with Crippen LogP contribution in [0.2, 0.25) is 0 Å². The van der Waals surface area contributed by atoms with E-state index in [1.165, 1.54) is 11.2 Å². The van der Waals surface area contributed by atoms with Crippen molar-refractivity contribution in [2.75, 3.05) is 20.1 Å². The first-order valence-electron chi connectivity index (χ1n) is 9.18. The number of hydrogen-bond donors (Lipinski definition) is 2. The summed E-state index contributed by atoms with van der Waals surface area (Å²) in [5.41, 5.74) is 0.246. The predicted molar refractivity (Wildman–Crippen MR) is 101 cm³/mol. The molecule has 4 rings (SSSR count). The number of likely N-dealkylation sites (tertiary alicyclic amines) is 1. The van der Waals surface area contributed by atoms with Gasteiger partial charge in [-0.3, -0.25) is 14.1 Å². The zero-order valence-corrected chi connectivity index (χ0v) is 16.5. The van der Waals surface area contributed by atoms with Gasteiger partial charge in [0.25, 0.3) is 15.6 Å². The van der Waals surface area contributed by atoms with Gasteiger partial charge >= 0.3 is 5.69 Å². The van der Waals surface area contributed by atoms with E-state index in [-0.39, 0.29) is 22.5 Å². The van der Waals surface area contributed by atoms with Gasteiger partial charge in [0.15, 0.2) is 4.90 Å². The Bertz CT molecular complexity index is 1070. The van der Waals surface area contributed by atoms with Crippen molar-refractivity contribution in [1.82, 2.24) is 19.2 Å². The van der Waals surface area contributed by atoms with Gasteiger partial charge in [0.05, 0.1) is 11.7 Å². The molecule has 9 heteroatoms. The van der Waals surface area contributed by atoms with Crippen LogP contribution < -0.4 is 11.2 Å². The molecule has 3 heterocycles. The minimum absolute atomic E-state index is 0.0652. The van der Waals surface area contributed by atoms with E-state index >= 15 is 0 Å². The van der Waals surface area contributed by atoms with Crippen molar-refractivity contribution in [3.05, 3.63) is 50.0 Å². The number of H-pyrrole nitrogens is 2. The Hall–Kier alpha value is -2.13. The van der Waals surface area contributed by atoms with Crippen molar-refractivity contribution in [2.45, 2.75) is 37.6 Å². The summed E-state index contributed by atoms with van der Waals surface area (Å²) in [6, 6.07) is -0.209. The van der Waals surface area contributed by atoms with Crippen molar-refractivity contribution < 1.29 is 8.42 Å². The Morgan fingerprint density at radius 1 is 1.22 bits per heavy atom. The molecule has 0 saturated carbocycles. The number of sulfonamides is 1. The Morgan fingerprint density at radius 3 is 2.67 bits per heavy atom. The summed E-state index contributed by atoms with van der Waals surface area (Å²) in [6.45, 7) is 5.15. The normalized spacial score (nSPS) is 28.4. The number of nitrogens with one attached hydrogen (secondary N) is 2. The summed E-state index contributed by atoms with van der Waals surface area (Å²) in [5.74, 6) is 0.451. The molecule has 1 aliphatic carbocycles. The molecule has 3 atom stereocenters. The fourth-order valence-corrected chi connectivity index (χ4v) is 6.55. The molecule has 2 N–H and O–H groups in total. The lowest BCUT2D eigenvalue weighted by atomic mass is 9.85. The highest BCUT2D eigenvalue weighted by atomic mass is 32.2. The van der Waals surface area contributed by atoms with E-state index in [0.717, 1.165) is 25.1 Å². The van der Waals surface area contributed by atoms with Crippen LogP contribution in [-0.2, 0) is 10.0 Å². The molecule has 0 radical (unpaired) electrons. The highest BCUT2D eigenvalue weighted by Gasteiger charge is 2.50. The summed E-state index contributed by atoms with van der Waals surface area (Å²) in [7, 11) is -2.06. The highest BCUT2D eigenvalue weighted by Crippen LogP contribution is 2.47. The second-order valence-electron chi connectivity index (χ2n) is 7.81. The molecule has 3 unspecified atom stereocenters. The number of aromatic amines is 2. The number of nitrogens with zero attached hydrogens (tertiary/aromatic N) is 2. The first-order valence-corrected chi connectivity index (χ1v) is 10.6. The van der Waals surface area contributed by atoms with E-state index in [9.17, 15) is 18.0 Å². The van der Waals surface area contributed by atoms with Crippen molar-refractivity contribution >= 4 is 10.0 Å². The molecule has 0 bridgehead atoms. The minimum Gasteiger partial charge on any atom is -0.310 e. The second-order valence-corrected chi connectivity index (χ2v) is 9.56. The standard InChI is InChI=1S/C18H24N4O4S/c1-10-4-5-14-12(8-10)13-9-21(3)7-6-15(13)22(14)27(25,26)16-11(2)19-18(24)20-17(16)23/h5,8,10,13,15H,4,6-7,9H2,1-3H3,(H2,19,20,23,24). The maximum absolute atomic E-state index is 13.6. The van der Waals surface area contributed by atoms with E-state index in [2.05, 4.69) is 27.9 Å². The molecule has 1 aromatic rings. The molecule has 0 aromatic carbocycles. The largest absolute Gasteiger partial charge is 0.325 e. The first kappa shape index (κ1) is 18.2. The van der Waals surface area contributed by atoms with E-state index in [4.69, 9.17) is 0 Å². The Labute approximate surface area is 157 Å². The number of aryl methyl sites for hydroxylation is 1. The molecule has 2 aliphatic heterocycles. The lowest BCUT2D eigenvalue weighted by molar-refractivity contribution is 0.180. The van der Waals surface area contributed by atoms with Crippen LogP contribution in [0.15, 0.2) is 37.9 Å². The van der Waals surface area contributed by atoms with Gasteiger partial charge in [0.2, 0.25) is 0 Å². The average Bonchev–Trinajstić information content (AvgIpc) is 2.87. The predicted octanol–water partition coefficient (Wildman–Crippen LogP) is 0.546. The number of fused-ring (bicyclic) bond motifs is 3. The van der Waals surface area contributed by atoms with Gasteiger partial charge in [0, 0.05) is 18.2 Å². The van der Waals surface area contributed by atoms with Crippen LogP contribution in [0.25, 0.3) is 0 Å². The van der Waals surface area contributed by atoms with E-state index in [0.29, 0.717) is 18.0 Å². The molecule has 1 aromatic heterocycles. The summed E-state index contributed by atoms with van der Waals surface area (Å²) < 4.78 is 28.6. The molecule has 3 aliphatic rings. The molecular weight excluding hydrogens is 368 g/mol. The van der Waals surface area contributed by atoms with Crippen LogP contribution in [0.5, 0.6) is 0 Å². The van der Waals surface area contributed by atoms with Gasteiger partial charge in [-0.25, -0.2) is 13.2 Å². The Balaban J connectivity index is 1.89. The zero-order valence-electron chi connectivity index (χ0n) is 15.7. The number of allylic oxidation sites excluding steroid dienone is 3. The summed E-state index contributed by atoms with van der Waals surface area (Å²) in [5, 5.41) is 0. The molecule has 2 saturated heterocycles. The van der Waals surface area contributed by atoms with Gasteiger partial charge in [0.1, 0.15) is 0 Å². The molecule has 0 amide bonds. The molecule has 2 fully saturated rings. The number of piperidine rings is 1. The average molecular weight is 392 g/mol. The Kier molecular flexibility index (Phi) is 4.19. The molecular formula is C18H24N4O4S. The third-order valence-corrected chi connectivity index (χ3v) is 7.75. The van der Waals surface area contributed by atoms with Gasteiger partial charge in [-0.1, -0.05) is 19.1 Å². The third kappa shape index (κ3) is 2.80. The number of rotatable bonds is 2. The van der Waals surface area contributed by atoms with Gasteiger partial charge in [-0.05, 0) is 44.8 Å². The maximum Gasteiger partial charge on any atom is 0.325 e. The smallest absolute Gasteiger partial charge is 0.310 e. The van der Waals surface area contributed by atoms with E-state index in [1.54, 1.807) is 0 Å². The number of hydrogen-bond acceptors (Lipinski definition) is 5.